The molecule has 0 saturated heterocycles. The van der Waals surface area contributed by atoms with Crippen LogP contribution >= 0.6 is 0 Å². The molecular formula is C35H44F4. The molecule has 0 amide bonds. The van der Waals surface area contributed by atoms with E-state index in [2.05, 4.69) is 13.0 Å². The summed E-state index contributed by atoms with van der Waals surface area (Å²) in [4.78, 5) is 0. The van der Waals surface area contributed by atoms with Crippen LogP contribution in [-0.2, 0) is 0 Å². The molecule has 0 spiro atoms. The Morgan fingerprint density at radius 2 is 1.28 bits per heavy atom. The summed E-state index contributed by atoms with van der Waals surface area (Å²) in [6.45, 7) is 2.24. The van der Waals surface area contributed by atoms with E-state index in [0.29, 0.717) is 18.3 Å². The zero-order chi connectivity index (χ0) is 27.4. The van der Waals surface area contributed by atoms with Gasteiger partial charge in [0.1, 0.15) is 11.6 Å². The Bertz CT molecular complexity index is 1110. The van der Waals surface area contributed by atoms with Gasteiger partial charge in [-0.05, 0) is 141 Å². The fourth-order valence-corrected chi connectivity index (χ4v) is 7.80. The third-order valence-corrected chi connectivity index (χ3v) is 10.2. The molecular weight excluding hydrogens is 496 g/mol. The molecule has 39 heavy (non-hydrogen) atoms. The van der Waals surface area contributed by atoms with Crippen LogP contribution in [0.5, 0.6) is 0 Å². The van der Waals surface area contributed by atoms with Crippen molar-refractivity contribution in [2.75, 3.05) is 0 Å². The molecule has 3 aliphatic rings. The van der Waals surface area contributed by atoms with E-state index in [4.69, 9.17) is 0 Å². The summed E-state index contributed by atoms with van der Waals surface area (Å²) in [5, 5.41) is 0. The van der Waals surface area contributed by atoms with Crippen molar-refractivity contribution in [3.8, 4) is 0 Å². The predicted molar refractivity (Wildman–Crippen MR) is 152 cm³/mol. The maximum Gasteiger partial charge on any atom is 0.159 e. The van der Waals surface area contributed by atoms with Gasteiger partial charge in [0.25, 0.3) is 0 Å². The van der Waals surface area contributed by atoms with E-state index in [1.807, 2.05) is 0 Å². The maximum absolute atomic E-state index is 15.3. The Hall–Kier alpha value is -2.10. The minimum absolute atomic E-state index is 0.187. The summed E-state index contributed by atoms with van der Waals surface area (Å²) < 4.78 is 57.6. The topological polar surface area (TPSA) is 0 Å². The highest BCUT2D eigenvalue weighted by atomic mass is 19.2. The van der Waals surface area contributed by atoms with Crippen LogP contribution in [0.4, 0.5) is 17.6 Å². The molecule has 0 aromatic heterocycles. The van der Waals surface area contributed by atoms with Crippen LogP contribution in [0.2, 0.25) is 0 Å². The van der Waals surface area contributed by atoms with E-state index in [0.717, 1.165) is 74.0 Å². The summed E-state index contributed by atoms with van der Waals surface area (Å²) in [6.07, 6.45) is 18.3. The first kappa shape index (κ1) is 28.4. The summed E-state index contributed by atoms with van der Waals surface area (Å²) in [6, 6.07) is 7.53. The second kappa shape index (κ2) is 13.0. The Morgan fingerprint density at radius 3 is 1.90 bits per heavy atom. The quantitative estimate of drug-likeness (QED) is 0.231. The number of rotatable bonds is 8. The summed E-state index contributed by atoms with van der Waals surface area (Å²) in [5.41, 5.74) is 2.75. The summed E-state index contributed by atoms with van der Waals surface area (Å²) in [5.74, 6) is 0.0932. The van der Waals surface area contributed by atoms with E-state index in [9.17, 15) is 8.78 Å². The van der Waals surface area contributed by atoms with Crippen LogP contribution in [0.15, 0.2) is 36.4 Å². The summed E-state index contributed by atoms with van der Waals surface area (Å²) >= 11 is 0. The molecule has 0 N–H and O–H groups in total. The second-order valence-electron chi connectivity index (χ2n) is 12.6. The highest BCUT2D eigenvalue weighted by molar-refractivity contribution is 5.67. The first-order chi connectivity index (χ1) is 18.9. The van der Waals surface area contributed by atoms with Crippen LogP contribution in [0, 0.1) is 41.0 Å². The minimum Gasteiger partial charge on any atom is -0.206 e. The van der Waals surface area contributed by atoms with Crippen molar-refractivity contribution in [1.29, 1.82) is 0 Å². The number of hydrogen-bond donors (Lipinski definition) is 0. The molecule has 0 radical (unpaired) electrons. The van der Waals surface area contributed by atoms with E-state index < -0.39 is 23.3 Å². The van der Waals surface area contributed by atoms with Crippen molar-refractivity contribution >= 4 is 5.57 Å². The van der Waals surface area contributed by atoms with Gasteiger partial charge in [0.15, 0.2) is 11.6 Å². The zero-order valence-electron chi connectivity index (χ0n) is 23.5. The van der Waals surface area contributed by atoms with Gasteiger partial charge in [0, 0.05) is 5.56 Å². The molecule has 0 nitrogen and oxygen atoms in total. The second-order valence-corrected chi connectivity index (χ2v) is 12.6. The van der Waals surface area contributed by atoms with E-state index in [-0.39, 0.29) is 17.4 Å². The van der Waals surface area contributed by atoms with Crippen molar-refractivity contribution < 1.29 is 17.6 Å². The van der Waals surface area contributed by atoms with Crippen LogP contribution < -0.4 is 0 Å². The van der Waals surface area contributed by atoms with Crippen molar-refractivity contribution in [2.45, 2.75) is 115 Å². The van der Waals surface area contributed by atoms with Crippen LogP contribution in [0.1, 0.15) is 132 Å². The molecule has 2 saturated carbocycles. The fraction of sp³-hybridized carbons (Fsp3) is 0.600. The van der Waals surface area contributed by atoms with Crippen molar-refractivity contribution in [2.24, 2.45) is 17.8 Å². The molecule has 0 bridgehead atoms. The normalized spacial score (nSPS) is 27.8. The molecule has 3 aliphatic carbocycles. The Morgan fingerprint density at radius 1 is 0.641 bits per heavy atom. The SMILES string of the molecule is CCCCC[C@H]1CC[C@H](c2cc(F)c(C3=CCC([C@H]4CC[C@H](c5ccc(F)c(F)c5)CC4)CC3)c(F)c2)CC1. The lowest BCUT2D eigenvalue weighted by molar-refractivity contribution is 0.220. The highest BCUT2D eigenvalue weighted by Crippen LogP contribution is 2.45. The molecule has 1 atom stereocenters. The standard InChI is InChI=1S/C35H44F4/c1-2-3-4-5-23-6-8-27(9-7-23)30-21-33(38)35(34(39)22-30)28-16-14-25(15-17-28)24-10-12-26(13-11-24)29-18-19-31(36)32(37)20-29/h16,18-27H,2-15,17H2,1H3/t23-,24-,25?,26-,27-. The van der Waals surface area contributed by atoms with Gasteiger partial charge in [-0.25, -0.2) is 17.6 Å². The van der Waals surface area contributed by atoms with Crippen molar-refractivity contribution in [3.63, 3.8) is 0 Å². The Labute approximate surface area is 232 Å². The van der Waals surface area contributed by atoms with E-state index in [1.54, 1.807) is 18.2 Å². The Balaban J connectivity index is 1.15. The first-order valence-electron chi connectivity index (χ1n) is 15.6. The largest absolute Gasteiger partial charge is 0.206 e. The lowest BCUT2D eigenvalue weighted by Crippen LogP contribution is -2.23. The predicted octanol–water partition coefficient (Wildman–Crippen LogP) is 11.3. The highest BCUT2D eigenvalue weighted by Gasteiger charge is 2.31. The van der Waals surface area contributed by atoms with Gasteiger partial charge in [-0.1, -0.05) is 44.7 Å². The number of hydrogen-bond acceptors (Lipinski definition) is 0. The Kier molecular flexibility index (Phi) is 9.51. The average molecular weight is 541 g/mol. The van der Waals surface area contributed by atoms with Crippen molar-refractivity contribution in [1.82, 2.24) is 0 Å². The third kappa shape index (κ3) is 6.80. The van der Waals surface area contributed by atoms with Gasteiger partial charge < -0.3 is 0 Å². The van der Waals surface area contributed by atoms with Crippen molar-refractivity contribution in [3.05, 3.63) is 76.4 Å². The molecule has 2 fully saturated rings. The molecule has 0 aliphatic heterocycles. The van der Waals surface area contributed by atoms with Gasteiger partial charge >= 0.3 is 0 Å². The van der Waals surface area contributed by atoms with Gasteiger partial charge in [-0.3, -0.25) is 0 Å². The molecule has 5 rings (SSSR count). The maximum atomic E-state index is 15.3. The lowest BCUT2D eigenvalue weighted by atomic mass is 9.70. The minimum atomic E-state index is -0.792. The molecule has 1 unspecified atom stereocenters. The molecule has 212 valence electrons. The van der Waals surface area contributed by atoms with Gasteiger partial charge in [-0.2, -0.15) is 0 Å². The zero-order valence-corrected chi connectivity index (χ0v) is 23.5. The number of unbranched alkanes of at least 4 members (excludes halogenated alkanes) is 2. The lowest BCUT2D eigenvalue weighted by Gasteiger charge is -2.36. The van der Waals surface area contributed by atoms with Crippen LogP contribution in [0.25, 0.3) is 5.57 Å². The molecule has 2 aromatic rings. The first-order valence-corrected chi connectivity index (χ1v) is 15.6. The van der Waals surface area contributed by atoms with E-state index >= 15 is 8.78 Å². The number of allylic oxidation sites excluding steroid dienone is 2. The van der Waals surface area contributed by atoms with Gasteiger partial charge in [-0.15, -0.1) is 0 Å². The van der Waals surface area contributed by atoms with E-state index in [1.165, 1.54) is 50.7 Å². The van der Waals surface area contributed by atoms with Crippen LogP contribution in [0.3, 0.4) is 0 Å². The smallest absolute Gasteiger partial charge is 0.159 e. The van der Waals surface area contributed by atoms with Gasteiger partial charge in [0.2, 0.25) is 0 Å². The van der Waals surface area contributed by atoms with Crippen LogP contribution in [-0.4, -0.2) is 0 Å². The fourth-order valence-electron chi connectivity index (χ4n) is 7.80. The monoisotopic (exact) mass is 540 g/mol. The van der Waals surface area contributed by atoms with Gasteiger partial charge in [0.05, 0.1) is 0 Å². The average Bonchev–Trinajstić information content (AvgIpc) is 2.95. The molecule has 2 aromatic carbocycles. The molecule has 4 heteroatoms. The third-order valence-electron chi connectivity index (χ3n) is 10.2. The summed E-state index contributed by atoms with van der Waals surface area (Å²) in [7, 11) is 0. The molecule has 0 heterocycles. The number of halogens is 4. The number of benzene rings is 2.